The summed E-state index contributed by atoms with van der Waals surface area (Å²) < 4.78 is 170. The van der Waals surface area contributed by atoms with Gasteiger partial charge < -0.3 is 10.2 Å². The minimum atomic E-state index is -6.92. The van der Waals surface area contributed by atoms with Crippen LogP contribution in [0.15, 0.2) is 48.5 Å². The van der Waals surface area contributed by atoms with Crippen LogP contribution in [0.5, 0.6) is 0 Å². The SMILES string of the molecule is Cc1cc(C(F)(C(F)(F)F)C(F)(F)F)cc(C(F)(F)F)c1N(C(=O)c1cccc(NC(=O)O)c1F)C(=O)c1cccc(NC(=O)O)c1F. The van der Waals surface area contributed by atoms with Crippen LogP contribution in [0.1, 0.15) is 37.4 Å². The zero-order chi connectivity index (χ0) is 36.7. The Morgan fingerprint density at radius 1 is 0.667 bits per heavy atom. The van der Waals surface area contributed by atoms with Gasteiger partial charge in [-0.1, -0.05) is 18.2 Å². The van der Waals surface area contributed by atoms with Gasteiger partial charge in [-0.3, -0.25) is 20.2 Å². The second-order valence-corrected chi connectivity index (χ2v) is 9.48. The minimum Gasteiger partial charge on any atom is -0.465 e. The number of alkyl halides is 10. The van der Waals surface area contributed by atoms with E-state index < -0.39 is 122 Å². The Kier molecular flexibility index (Phi) is 9.70. The lowest BCUT2D eigenvalue weighted by Crippen LogP contribution is -2.50. The Balaban J connectivity index is 2.50. The molecule has 9 nitrogen and oxygen atoms in total. The zero-order valence-corrected chi connectivity index (χ0v) is 23.1. The molecule has 0 aliphatic heterocycles. The number of hydrogen-bond donors (Lipinski definition) is 4. The first-order chi connectivity index (χ1) is 21.8. The smallest absolute Gasteiger partial charge is 0.435 e. The van der Waals surface area contributed by atoms with Crippen LogP contribution in [0, 0.1) is 18.6 Å². The van der Waals surface area contributed by atoms with Gasteiger partial charge >= 0.3 is 36.4 Å². The standard InChI is InChI=1S/C27H15F12N3O6/c1-10-8-11(24(30,26(34,35)36)27(37,38)39)9-14(25(31,32)33)19(10)42(20(43)12-4-2-6-15(17(12)28)40-22(45)46)21(44)13-5-3-7-16(18(13)29)41-23(47)48/h2-9,40-41H,1H3,(H,45,46)(H,47,48). The maximum atomic E-state index is 15.3. The maximum Gasteiger partial charge on any atom is 0.435 e. The summed E-state index contributed by atoms with van der Waals surface area (Å²) in [5.74, 6) is -8.18. The van der Waals surface area contributed by atoms with Crippen LogP contribution in [0.2, 0.25) is 0 Å². The summed E-state index contributed by atoms with van der Waals surface area (Å²) in [4.78, 5) is 48.7. The topological polar surface area (TPSA) is 136 Å². The van der Waals surface area contributed by atoms with Crippen molar-refractivity contribution in [3.63, 3.8) is 0 Å². The molecule has 0 fully saturated rings. The van der Waals surface area contributed by atoms with E-state index in [0.29, 0.717) is 31.2 Å². The molecule has 48 heavy (non-hydrogen) atoms. The maximum absolute atomic E-state index is 15.3. The predicted octanol–water partition coefficient (Wildman–Crippen LogP) is 8.25. The highest BCUT2D eigenvalue weighted by atomic mass is 19.4. The van der Waals surface area contributed by atoms with E-state index in [4.69, 9.17) is 10.2 Å². The molecular formula is C27H15F12N3O6. The summed E-state index contributed by atoms with van der Waals surface area (Å²) >= 11 is 0. The number of nitrogens with one attached hydrogen (secondary N) is 2. The molecule has 0 heterocycles. The van der Waals surface area contributed by atoms with Gasteiger partial charge in [0, 0.05) is 5.56 Å². The van der Waals surface area contributed by atoms with Crippen molar-refractivity contribution in [3.8, 4) is 0 Å². The van der Waals surface area contributed by atoms with Crippen molar-refractivity contribution in [3.05, 3.63) is 88.0 Å². The fraction of sp³-hybridized carbons (Fsp3) is 0.185. The van der Waals surface area contributed by atoms with Crippen LogP contribution >= 0.6 is 0 Å². The van der Waals surface area contributed by atoms with Crippen molar-refractivity contribution >= 4 is 41.1 Å². The summed E-state index contributed by atoms with van der Waals surface area (Å²) in [7, 11) is 0. The van der Waals surface area contributed by atoms with E-state index in [-0.39, 0.29) is 0 Å². The molecule has 0 aliphatic carbocycles. The first-order valence-corrected chi connectivity index (χ1v) is 12.3. The average molecular weight is 705 g/mol. The normalized spacial score (nSPS) is 12.4. The zero-order valence-electron chi connectivity index (χ0n) is 23.1. The highest BCUT2D eigenvalue weighted by Gasteiger charge is 2.73. The fourth-order valence-corrected chi connectivity index (χ4v) is 4.33. The Labute approximate surface area is 258 Å². The monoisotopic (exact) mass is 705 g/mol. The van der Waals surface area contributed by atoms with E-state index in [0.717, 1.165) is 12.1 Å². The minimum absolute atomic E-state index is 0.312. The molecule has 0 radical (unpaired) electrons. The molecule has 0 aliphatic rings. The van der Waals surface area contributed by atoms with E-state index in [2.05, 4.69) is 0 Å². The lowest BCUT2D eigenvalue weighted by molar-refractivity contribution is -0.348. The van der Waals surface area contributed by atoms with Crippen LogP contribution in [0.3, 0.4) is 0 Å². The van der Waals surface area contributed by atoms with E-state index >= 15 is 8.78 Å². The molecule has 0 saturated heterocycles. The lowest BCUT2D eigenvalue weighted by atomic mass is 9.89. The molecule has 4 N–H and O–H groups in total. The fourth-order valence-electron chi connectivity index (χ4n) is 4.33. The molecule has 0 atom stereocenters. The van der Waals surface area contributed by atoms with Crippen LogP contribution < -0.4 is 15.5 Å². The van der Waals surface area contributed by atoms with Gasteiger partial charge in [-0.25, -0.2) is 27.7 Å². The van der Waals surface area contributed by atoms with Crippen molar-refractivity contribution in [2.24, 2.45) is 0 Å². The molecule has 21 heteroatoms. The first kappa shape index (κ1) is 37.0. The third-order valence-corrected chi connectivity index (χ3v) is 6.36. The lowest BCUT2D eigenvalue weighted by Gasteiger charge is -2.33. The second-order valence-electron chi connectivity index (χ2n) is 9.48. The van der Waals surface area contributed by atoms with E-state index in [9.17, 15) is 63.1 Å². The Hall–Kier alpha value is -5.50. The number of carbonyl (C=O) groups is 4. The molecular weight excluding hydrogens is 690 g/mol. The van der Waals surface area contributed by atoms with E-state index in [1.165, 1.54) is 10.6 Å². The van der Waals surface area contributed by atoms with E-state index in [1.807, 2.05) is 0 Å². The van der Waals surface area contributed by atoms with Crippen LogP contribution in [0.25, 0.3) is 0 Å². The van der Waals surface area contributed by atoms with Crippen molar-refractivity contribution < 1.29 is 82.1 Å². The van der Waals surface area contributed by atoms with Gasteiger partial charge in [0.1, 0.15) is 0 Å². The van der Waals surface area contributed by atoms with Gasteiger partial charge in [-0.15, -0.1) is 0 Å². The van der Waals surface area contributed by atoms with Gasteiger partial charge in [-0.2, -0.15) is 39.5 Å². The Morgan fingerprint density at radius 3 is 1.40 bits per heavy atom. The summed E-state index contributed by atoms with van der Waals surface area (Å²) in [6.45, 7) is 0.312. The molecule has 258 valence electrons. The van der Waals surface area contributed by atoms with Crippen LogP contribution in [-0.4, -0.2) is 46.6 Å². The van der Waals surface area contributed by atoms with Crippen LogP contribution in [-0.2, 0) is 11.8 Å². The van der Waals surface area contributed by atoms with Crippen molar-refractivity contribution in [2.45, 2.75) is 31.1 Å². The van der Waals surface area contributed by atoms with E-state index in [1.54, 1.807) is 0 Å². The number of benzene rings is 3. The molecule has 0 unspecified atom stereocenters. The van der Waals surface area contributed by atoms with Gasteiger partial charge in [0.2, 0.25) is 0 Å². The molecule has 0 aromatic heterocycles. The number of hydrogen-bond acceptors (Lipinski definition) is 4. The van der Waals surface area contributed by atoms with Gasteiger partial charge in [0.05, 0.1) is 33.8 Å². The average Bonchev–Trinajstić information content (AvgIpc) is 2.93. The number of nitrogens with zero attached hydrogens (tertiary/aromatic N) is 1. The Bertz CT molecular complexity index is 1710. The predicted molar refractivity (Wildman–Crippen MR) is 138 cm³/mol. The highest BCUT2D eigenvalue weighted by Crippen LogP contribution is 2.55. The van der Waals surface area contributed by atoms with Gasteiger partial charge in [0.15, 0.2) is 11.6 Å². The van der Waals surface area contributed by atoms with Crippen molar-refractivity contribution in [1.82, 2.24) is 0 Å². The number of amides is 4. The number of carbonyl (C=O) groups excluding carboxylic acids is 2. The summed E-state index contributed by atoms with van der Waals surface area (Å²) in [5.41, 5.74) is -20.2. The third-order valence-electron chi connectivity index (χ3n) is 6.36. The first-order valence-electron chi connectivity index (χ1n) is 12.3. The molecule has 0 bridgehead atoms. The van der Waals surface area contributed by atoms with Gasteiger partial charge in [0.25, 0.3) is 11.8 Å². The molecule has 0 spiro atoms. The molecule has 3 aromatic rings. The Morgan fingerprint density at radius 2 is 1.06 bits per heavy atom. The summed E-state index contributed by atoms with van der Waals surface area (Å²) in [6.07, 6.45) is -23.8. The van der Waals surface area contributed by atoms with Gasteiger partial charge in [-0.05, 0) is 42.8 Å². The molecule has 0 saturated carbocycles. The van der Waals surface area contributed by atoms with Crippen molar-refractivity contribution in [1.29, 1.82) is 0 Å². The molecule has 4 amide bonds. The third kappa shape index (κ3) is 6.79. The largest absolute Gasteiger partial charge is 0.465 e. The number of aryl methyl sites for hydroxylation is 1. The summed E-state index contributed by atoms with van der Waals surface area (Å²) in [6, 6.07) is 2.30. The highest BCUT2D eigenvalue weighted by molar-refractivity contribution is 6.27. The van der Waals surface area contributed by atoms with Crippen LogP contribution in [0.4, 0.5) is 79.3 Å². The molecule has 3 rings (SSSR count). The molecule has 3 aromatic carbocycles. The number of imide groups is 1. The number of halogens is 12. The summed E-state index contributed by atoms with van der Waals surface area (Å²) in [5, 5.41) is 20.7. The van der Waals surface area contributed by atoms with Crippen molar-refractivity contribution in [2.75, 3.05) is 15.5 Å². The second kappa shape index (κ2) is 12.6. The number of rotatable bonds is 6. The quantitative estimate of drug-likeness (QED) is 0.151. The number of anilines is 3. The number of carboxylic acid groups (broad SMARTS) is 2.